The first-order chi connectivity index (χ1) is 7.93. The van der Waals surface area contributed by atoms with E-state index in [2.05, 4.69) is 32.6 Å². The Morgan fingerprint density at radius 3 is 2.29 bits per heavy atom. The largest absolute Gasteiger partial charge is 0.478 e. The molecule has 0 aromatic heterocycles. The highest BCUT2D eigenvalue weighted by molar-refractivity contribution is 5.94. The fraction of sp³-hybridized carbons (Fsp3) is 0.500. The van der Waals surface area contributed by atoms with Gasteiger partial charge in [0, 0.05) is 12.6 Å². The molecule has 17 heavy (non-hydrogen) atoms. The van der Waals surface area contributed by atoms with Crippen LogP contribution >= 0.6 is 0 Å². The molecule has 0 aliphatic heterocycles. The fourth-order valence-corrected chi connectivity index (χ4v) is 1.89. The van der Waals surface area contributed by atoms with Crippen molar-refractivity contribution in [1.29, 1.82) is 0 Å². The topological polar surface area (TPSA) is 40.5 Å². The van der Waals surface area contributed by atoms with E-state index >= 15 is 0 Å². The molecule has 0 saturated heterocycles. The number of para-hydroxylation sites is 1. The van der Waals surface area contributed by atoms with Gasteiger partial charge in [-0.05, 0) is 31.9 Å². The van der Waals surface area contributed by atoms with Crippen molar-refractivity contribution < 1.29 is 9.90 Å². The smallest absolute Gasteiger partial charge is 0.337 e. The normalized spacial score (nSPS) is 10.9. The van der Waals surface area contributed by atoms with E-state index in [9.17, 15) is 9.90 Å². The van der Waals surface area contributed by atoms with Gasteiger partial charge in [0.15, 0.2) is 0 Å². The molecule has 0 aliphatic carbocycles. The quantitative estimate of drug-likeness (QED) is 0.851. The molecular formula is C14H21NO2. The van der Waals surface area contributed by atoms with Crippen molar-refractivity contribution >= 4 is 11.7 Å². The van der Waals surface area contributed by atoms with Gasteiger partial charge in [-0.2, -0.15) is 0 Å². The molecule has 1 N–H and O–H groups in total. The maximum atomic E-state index is 11.2. The summed E-state index contributed by atoms with van der Waals surface area (Å²) in [5.41, 5.74) is 1.19. The van der Waals surface area contributed by atoms with Crippen LogP contribution in [0, 0.1) is 5.92 Å². The van der Waals surface area contributed by atoms with Crippen LogP contribution in [0.15, 0.2) is 24.3 Å². The lowest BCUT2D eigenvalue weighted by Crippen LogP contribution is -2.35. The second kappa shape index (κ2) is 5.71. The van der Waals surface area contributed by atoms with E-state index in [1.165, 1.54) is 0 Å². The highest BCUT2D eigenvalue weighted by atomic mass is 16.4. The van der Waals surface area contributed by atoms with Crippen LogP contribution in [0.5, 0.6) is 0 Å². The summed E-state index contributed by atoms with van der Waals surface area (Å²) >= 11 is 0. The van der Waals surface area contributed by atoms with Gasteiger partial charge in [-0.3, -0.25) is 0 Å². The van der Waals surface area contributed by atoms with E-state index in [0.717, 1.165) is 12.2 Å². The number of hydrogen-bond acceptors (Lipinski definition) is 2. The highest BCUT2D eigenvalue weighted by Gasteiger charge is 2.18. The van der Waals surface area contributed by atoms with Crippen molar-refractivity contribution in [3.63, 3.8) is 0 Å². The Morgan fingerprint density at radius 2 is 1.82 bits per heavy atom. The lowest BCUT2D eigenvalue weighted by atomic mass is 10.1. The van der Waals surface area contributed by atoms with Crippen molar-refractivity contribution in [3.05, 3.63) is 29.8 Å². The Kier molecular flexibility index (Phi) is 4.55. The molecule has 3 heteroatoms. The van der Waals surface area contributed by atoms with E-state index in [0.29, 0.717) is 11.5 Å². The van der Waals surface area contributed by atoms with E-state index in [-0.39, 0.29) is 6.04 Å². The molecule has 94 valence electrons. The Labute approximate surface area is 103 Å². The second-order valence-electron chi connectivity index (χ2n) is 4.96. The zero-order valence-electron chi connectivity index (χ0n) is 11.0. The van der Waals surface area contributed by atoms with E-state index in [4.69, 9.17) is 0 Å². The Hall–Kier alpha value is -1.51. The Morgan fingerprint density at radius 1 is 1.24 bits per heavy atom. The molecular weight excluding hydrogens is 214 g/mol. The molecule has 0 saturated carbocycles. The van der Waals surface area contributed by atoms with Crippen LogP contribution in [0.2, 0.25) is 0 Å². The summed E-state index contributed by atoms with van der Waals surface area (Å²) in [6.07, 6.45) is 0. The molecule has 0 amide bonds. The summed E-state index contributed by atoms with van der Waals surface area (Å²) in [6.45, 7) is 9.31. The predicted molar refractivity (Wildman–Crippen MR) is 70.7 cm³/mol. The zero-order valence-corrected chi connectivity index (χ0v) is 11.0. The lowest BCUT2D eigenvalue weighted by Gasteiger charge is -2.31. The molecule has 0 unspecified atom stereocenters. The molecule has 0 radical (unpaired) electrons. The third-order valence-corrected chi connectivity index (χ3v) is 2.63. The number of benzene rings is 1. The molecule has 0 atom stereocenters. The predicted octanol–water partition coefficient (Wildman–Crippen LogP) is 3.26. The van der Waals surface area contributed by atoms with Gasteiger partial charge in [-0.25, -0.2) is 4.79 Å². The summed E-state index contributed by atoms with van der Waals surface area (Å²) in [6, 6.07) is 7.48. The van der Waals surface area contributed by atoms with Crippen molar-refractivity contribution in [2.75, 3.05) is 11.4 Å². The summed E-state index contributed by atoms with van der Waals surface area (Å²) in [4.78, 5) is 13.4. The van der Waals surface area contributed by atoms with Gasteiger partial charge < -0.3 is 10.0 Å². The Bertz CT molecular complexity index is 386. The number of anilines is 1. The van der Waals surface area contributed by atoms with E-state index in [1.54, 1.807) is 12.1 Å². The number of carboxylic acids is 1. The maximum Gasteiger partial charge on any atom is 0.337 e. The lowest BCUT2D eigenvalue weighted by molar-refractivity contribution is 0.0697. The van der Waals surface area contributed by atoms with Gasteiger partial charge in [0.25, 0.3) is 0 Å². The van der Waals surface area contributed by atoms with Crippen molar-refractivity contribution in [1.82, 2.24) is 0 Å². The van der Waals surface area contributed by atoms with Gasteiger partial charge >= 0.3 is 5.97 Å². The average molecular weight is 235 g/mol. The SMILES string of the molecule is CC(C)CN(c1ccccc1C(=O)O)C(C)C. The summed E-state index contributed by atoms with van der Waals surface area (Å²) < 4.78 is 0. The van der Waals surface area contributed by atoms with E-state index < -0.39 is 5.97 Å². The summed E-state index contributed by atoms with van der Waals surface area (Å²) in [5, 5.41) is 9.20. The number of nitrogens with zero attached hydrogens (tertiary/aromatic N) is 1. The highest BCUT2D eigenvalue weighted by Crippen LogP contribution is 2.23. The summed E-state index contributed by atoms with van der Waals surface area (Å²) in [5.74, 6) is -0.366. The van der Waals surface area contributed by atoms with Gasteiger partial charge in [-0.1, -0.05) is 26.0 Å². The molecule has 3 nitrogen and oxygen atoms in total. The average Bonchev–Trinajstić information content (AvgIpc) is 2.25. The number of aromatic carboxylic acids is 1. The summed E-state index contributed by atoms with van der Waals surface area (Å²) in [7, 11) is 0. The molecule has 1 aromatic carbocycles. The standard InChI is InChI=1S/C14H21NO2/c1-10(2)9-15(11(3)4)13-8-6-5-7-12(13)14(16)17/h5-8,10-11H,9H2,1-4H3,(H,16,17). The second-order valence-corrected chi connectivity index (χ2v) is 4.96. The number of carbonyl (C=O) groups is 1. The van der Waals surface area contributed by atoms with Gasteiger partial charge in [0.05, 0.1) is 11.3 Å². The van der Waals surface area contributed by atoms with Gasteiger partial charge in [0.1, 0.15) is 0 Å². The van der Waals surface area contributed by atoms with Crippen LogP contribution in [0.3, 0.4) is 0 Å². The van der Waals surface area contributed by atoms with Crippen molar-refractivity contribution in [3.8, 4) is 0 Å². The Balaban J connectivity index is 3.13. The zero-order chi connectivity index (χ0) is 13.0. The third kappa shape index (κ3) is 3.48. The van der Waals surface area contributed by atoms with Crippen LogP contribution in [0.4, 0.5) is 5.69 Å². The van der Waals surface area contributed by atoms with Gasteiger partial charge in [0.2, 0.25) is 0 Å². The molecule has 1 aromatic rings. The molecule has 1 rings (SSSR count). The first kappa shape index (κ1) is 13.6. The van der Waals surface area contributed by atoms with Crippen LogP contribution in [-0.2, 0) is 0 Å². The number of carboxylic acid groups (broad SMARTS) is 1. The minimum atomic E-state index is -0.866. The first-order valence-electron chi connectivity index (χ1n) is 6.02. The first-order valence-corrected chi connectivity index (χ1v) is 6.02. The van der Waals surface area contributed by atoms with Crippen LogP contribution < -0.4 is 4.90 Å². The maximum absolute atomic E-state index is 11.2. The minimum Gasteiger partial charge on any atom is -0.478 e. The molecule has 0 fully saturated rings. The van der Waals surface area contributed by atoms with E-state index in [1.807, 2.05) is 12.1 Å². The molecule has 0 aliphatic rings. The van der Waals surface area contributed by atoms with Crippen LogP contribution in [0.1, 0.15) is 38.1 Å². The van der Waals surface area contributed by atoms with Crippen molar-refractivity contribution in [2.45, 2.75) is 33.7 Å². The van der Waals surface area contributed by atoms with Gasteiger partial charge in [-0.15, -0.1) is 0 Å². The monoisotopic (exact) mass is 235 g/mol. The molecule has 0 bridgehead atoms. The third-order valence-electron chi connectivity index (χ3n) is 2.63. The van der Waals surface area contributed by atoms with Crippen LogP contribution in [-0.4, -0.2) is 23.7 Å². The van der Waals surface area contributed by atoms with Crippen molar-refractivity contribution in [2.24, 2.45) is 5.92 Å². The number of rotatable bonds is 5. The molecule has 0 spiro atoms. The number of hydrogen-bond donors (Lipinski definition) is 1. The van der Waals surface area contributed by atoms with Crippen LogP contribution in [0.25, 0.3) is 0 Å². The molecule has 0 heterocycles. The fourth-order valence-electron chi connectivity index (χ4n) is 1.89. The minimum absolute atomic E-state index is 0.290.